The highest BCUT2D eigenvalue weighted by molar-refractivity contribution is 7.21. The van der Waals surface area contributed by atoms with Crippen LogP contribution < -0.4 is 15.8 Å². The van der Waals surface area contributed by atoms with E-state index >= 15 is 0 Å². The van der Waals surface area contributed by atoms with Crippen LogP contribution >= 0.6 is 11.3 Å². The first-order valence-corrected chi connectivity index (χ1v) is 13.7. The molecule has 0 saturated carbocycles. The number of pyridine rings is 1. The molecule has 0 bridgehead atoms. The molecule has 3 N–H and O–H groups in total. The smallest absolute Gasteiger partial charge is 0.433 e. The Morgan fingerprint density at radius 1 is 1.18 bits per heavy atom. The van der Waals surface area contributed by atoms with E-state index in [1.54, 1.807) is 24.6 Å². The van der Waals surface area contributed by atoms with Gasteiger partial charge in [0.2, 0.25) is 0 Å². The van der Waals surface area contributed by atoms with Crippen LogP contribution in [0, 0.1) is 24.0 Å². The van der Waals surface area contributed by atoms with Crippen molar-refractivity contribution in [1.82, 2.24) is 14.8 Å². The molecule has 0 aliphatic heterocycles. The van der Waals surface area contributed by atoms with Crippen molar-refractivity contribution in [2.24, 2.45) is 5.73 Å². The third kappa shape index (κ3) is 5.70. The highest BCUT2D eigenvalue weighted by Crippen LogP contribution is 2.44. The monoisotopic (exact) mass is 628 g/mol. The van der Waals surface area contributed by atoms with Crippen LogP contribution in [0.1, 0.15) is 49.9 Å². The summed E-state index contributed by atoms with van der Waals surface area (Å²) >= 11 is 0.609. The minimum absolute atomic E-state index is 0.00112. The quantitative estimate of drug-likeness (QED) is 0.143. The second-order valence-corrected chi connectivity index (χ2v) is 10.6. The van der Waals surface area contributed by atoms with Crippen molar-refractivity contribution in [3.05, 3.63) is 86.1 Å². The lowest BCUT2D eigenvalue weighted by molar-refractivity contribution is -0.386. The normalized spacial score (nSPS) is 11.6. The van der Waals surface area contributed by atoms with Crippen LogP contribution in [-0.4, -0.2) is 31.5 Å². The van der Waals surface area contributed by atoms with Crippen molar-refractivity contribution in [3.63, 3.8) is 0 Å². The molecule has 12 nitrogen and oxygen atoms in total. The van der Waals surface area contributed by atoms with E-state index < -0.39 is 28.6 Å². The molecule has 2 amide bonds. The number of nitro groups is 1. The zero-order chi connectivity index (χ0) is 31.9. The molecule has 0 unspecified atom stereocenters. The second kappa shape index (κ2) is 11.4. The zero-order valence-electron chi connectivity index (χ0n) is 23.3. The molecule has 0 radical (unpaired) electrons. The topological polar surface area (TPSA) is 168 Å². The van der Waals surface area contributed by atoms with Crippen LogP contribution in [-0.2, 0) is 19.3 Å². The van der Waals surface area contributed by atoms with Crippen molar-refractivity contribution < 1.29 is 36.8 Å². The summed E-state index contributed by atoms with van der Waals surface area (Å²) in [6, 6.07) is 8.01. The average Bonchev–Trinajstić information content (AvgIpc) is 3.68. The zero-order valence-corrected chi connectivity index (χ0v) is 24.1. The molecule has 5 rings (SSSR count). The number of furan rings is 1. The molecule has 1 aromatic carbocycles. The van der Waals surface area contributed by atoms with Gasteiger partial charge in [-0.05, 0) is 56.2 Å². The molecule has 16 heteroatoms. The number of hydrogen-bond donors (Lipinski definition) is 2. The molecule has 4 heterocycles. The number of rotatable bonds is 9. The maximum Gasteiger partial charge on any atom is 0.433 e. The van der Waals surface area contributed by atoms with Crippen molar-refractivity contribution in [2.75, 3.05) is 5.32 Å². The van der Waals surface area contributed by atoms with E-state index in [0.29, 0.717) is 34.7 Å². The number of fused-ring (bicyclic) bond motifs is 1. The fraction of sp³-hybridized carbons (Fsp3) is 0.214. The lowest BCUT2D eigenvalue weighted by Gasteiger charge is -2.12. The Balaban J connectivity index is 1.51. The number of carbonyl (C=O) groups excluding carboxylic acids is 2. The number of anilines is 1. The Morgan fingerprint density at radius 3 is 2.57 bits per heavy atom. The SMILES string of the molecule is CCn1ncc(-c2cc(C(F)(F)F)nc3sc(C(N)=O)c(NC(=O)c4ccc(COc5ccc(C)cc5[N+](=O)[O-])o4)c23)c1C. The summed E-state index contributed by atoms with van der Waals surface area (Å²) in [7, 11) is 0. The van der Waals surface area contributed by atoms with Crippen LogP contribution in [0.25, 0.3) is 21.3 Å². The summed E-state index contributed by atoms with van der Waals surface area (Å²) in [6.45, 7) is 5.40. The lowest BCUT2D eigenvalue weighted by atomic mass is 10.0. The first-order valence-electron chi connectivity index (χ1n) is 12.9. The van der Waals surface area contributed by atoms with Gasteiger partial charge in [-0.1, -0.05) is 6.07 Å². The van der Waals surface area contributed by atoms with Gasteiger partial charge >= 0.3 is 11.9 Å². The maximum absolute atomic E-state index is 13.8. The second-order valence-electron chi connectivity index (χ2n) is 9.60. The number of alkyl halides is 3. The molecule has 44 heavy (non-hydrogen) atoms. The van der Waals surface area contributed by atoms with E-state index in [4.69, 9.17) is 14.9 Å². The molecular formula is C28H23F3N6O6S. The number of nitrogens with two attached hydrogens (primary N) is 1. The van der Waals surface area contributed by atoms with Gasteiger partial charge < -0.3 is 20.2 Å². The number of halogens is 3. The minimum atomic E-state index is -4.80. The molecular weight excluding hydrogens is 605 g/mol. The van der Waals surface area contributed by atoms with Crippen molar-refractivity contribution in [1.29, 1.82) is 0 Å². The number of primary amides is 1. The standard InChI is InChI=1S/C28H23F3N6O6S/c1-4-36-14(3)17(11-33-36)16-10-21(28(29,30)31)34-27-22(16)23(24(44-27)25(32)38)35-26(39)20-8-6-15(43-20)12-42-19-7-5-13(2)9-18(19)37(40)41/h5-11H,4,12H2,1-3H3,(H2,32,38)(H,35,39). The minimum Gasteiger partial charge on any atom is -0.479 e. The summed E-state index contributed by atoms with van der Waals surface area (Å²) in [5.41, 5.74) is 5.62. The van der Waals surface area contributed by atoms with Gasteiger partial charge in [-0.3, -0.25) is 24.4 Å². The van der Waals surface area contributed by atoms with E-state index in [1.165, 1.54) is 30.5 Å². The molecule has 4 aromatic heterocycles. The van der Waals surface area contributed by atoms with Gasteiger partial charge in [-0.2, -0.15) is 18.3 Å². The molecule has 0 spiro atoms. The van der Waals surface area contributed by atoms with Crippen molar-refractivity contribution in [3.8, 4) is 16.9 Å². The number of nitrogens with one attached hydrogen (secondary N) is 1. The Bertz CT molecular complexity index is 1940. The largest absolute Gasteiger partial charge is 0.479 e. The fourth-order valence-corrected chi connectivity index (χ4v) is 5.58. The molecule has 0 aliphatic rings. The van der Waals surface area contributed by atoms with Crippen LogP contribution in [0.5, 0.6) is 5.75 Å². The van der Waals surface area contributed by atoms with Crippen molar-refractivity contribution >= 4 is 44.7 Å². The number of ether oxygens (including phenoxy) is 1. The summed E-state index contributed by atoms with van der Waals surface area (Å²) in [5.74, 6) is -1.91. The summed E-state index contributed by atoms with van der Waals surface area (Å²) in [4.78, 5) is 39.8. The van der Waals surface area contributed by atoms with E-state index in [2.05, 4.69) is 15.4 Å². The fourth-order valence-electron chi connectivity index (χ4n) is 4.57. The average molecular weight is 629 g/mol. The molecule has 0 aliphatic carbocycles. The molecule has 0 saturated heterocycles. The van der Waals surface area contributed by atoms with E-state index in [0.717, 1.165) is 6.07 Å². The van der Waals surface area contributed by atoms with E-state index in [9.17, 15) is 32.9 Å². The van der Waals surface area contributed by atoms with Gasteiger partial charge in [0.15, 0.2) is 11.5 Å². The first-order chi connectivity index (χ1) is 20.8. The number of amides is 2. The van der Waals surface area contributed by atoms with Crippen LogP contribution in [0.4, 0.5) is 24.5 Å². The highest BCUT2D eigenvalue weighted by atomic mass is 32.1. The predicted molar refractivity (Wildman–Crippen MR) is 154 cm³/mol. The third-order valence-electron chi connectivity index (χ3n) is 6.67. The number of carbonyl (C=O) groups is 2. The molecule has 0 fully saturated rings. The van der Waals surface area contributed by atoms with Gasteiger partial charge in [0.1, 0.15) is 27.8 Å². The number of aryl methyl sites for hydroxylation is 2. The van der Waals surface area contributed by atoms with E-state index in [-0.39, 0.29) is 55.9 Å². The summed E-state index contributed by atoms with van der Waals surface area (Å²) in [5, 5.41) is 18.2. The number of benzene rings is 1. The Morgan fingerprint density at radius 2 is 1.93 bits per heavy atom. The number of thiophene rings is 1. The third-order valence-corrected chi connectivity index (χ3v) is 7.77. The Kier molecular flexibility index (Phi) is 7.86. The number of nitro benzene ring substituents is 1. The van der Waals surface area contributed by atoms with Gasteiger partial charge in [0.05, 0.1) is 16.8 Å². The van der Waals surface area contributed by atoms with Gasteiger partial charge in [0.25, 0.3) is 11.8 Å². The highest BCUT2D eigenvalue weighted by Gasteiger charge is 2.35. The van der Waals surface area contributed by atoms with E-state index in [1.807, 2.05) is 6.92 Å². The maximum atomic E-state index is 13.8. The van der Waals surface area contributed by atoms with Crippen LogP contribution in [0.2, 0.25) is 0 Å². The summed E-state index contributed by atoms with van der Waals surface area (Å²) in [6.07, 6.45) is -3.40. The number of hydrogen-bond acceptors (Lipinski definition) is 9. The lowest BCUT2D eigenvalue weighted by Crippen LogP contribution is -2.16. The Hall–Kier alpha value is -5.25. The van der Waals surface area contributed by atoms with Crippen LogP contribution in [0.3, 0.4) is 0 Å². The molecule has 228 valence electrons. The number of aromatic nitrogens is 3. The summed E-state index contributed by atoms with van der Waals surface area (Å²) < 4.78 is 54.2. The van der Waals surface area contributed by atoms with Gasteiger partial charge in [-0.25, -0.2) is 4.98 Å². The first kappa shape index (κ1) is 30.2. The molecule has 0 atom stereocenters. The van der Waals surface area contributed by atoms with Crippen molar-refractivity contribution in [2.45, 2.75) is 40.1 Å². The number of nitrogens with zero attached hydrogens (tertiary/aromatic N) is 4. The molecule has 5 aromatic rings. The van der Waals surface area contributed by atoms with Gasteiger partial charge in [-0.15, -0.1) is 11.3 Å². The van der Waals surface area contributed by atoms with Gasteiger partial charge in [0, 0.05) is 29.3 Å². The van der Waals surface area contributed by atoms with Crippen LogP contribution in [0.15, 0.2) is 47.0 Å². The predicted octanol–water partition coefficient (Wildman–Crippen LogP) is 6.25. The Labute approximate surface area is 250 Å².